The van der Waals surface area contributed by atoms with Crippen LogP contribution in [0.1, 0.15) is 17.2 Å². The third-order valence-corrected chi connectivity index (χ3v) is 3.10. The van der Waals surface area contributed by atoms with Gasteiger partial charge >= 0.3 is 0 Å². The van der Waals surface area contributed by atoms with E-state index in [0.29, 0.717) is 28.2 Å². The molecule has 0 aliphatic heterocycles. The summed E-state index contributed by atoms with van der Waals surface area (Å²) in [5.41, 5.74) is 7.25. The summed E-state index contributed by atoms with van der Waals surface area (Å²) in [6, 6.07) is 3.66. The normalized spacial score (nSPS) is 10.6. The lowest BCUT2D eigenvalue weighted by Crippen LogP contribution is -2.07. The van der Waals surface area contributed by atoms with Gasteiger partial charge in [0.1, 0.15) is 17.4 Å². The molecule has 0 fully saturated rings. The van der Waals surface area contributed by atoms with Crippen molar-refractivity contribution in [3.05, 3.63) is 34.4 Å². The molecule has 0 spiro atoms. The van der Waals surface area contributed by atoms with Crippen molar-refractivity contribution in [1.82, 2.24) is 15.0 Å². The average Bonchev–Trinajstić information content (AvgIpc) is 2.40. The molecule has 1 heterocycles. The highest BCUT2D eigenvalue weighted by Gasteiger charge is 2.13. The Morgan fingerprint density at radius 2 is 1.95 bits per heavy atom. The number of aryl methyl sites for hydroxylation is 2. The first-order chi connectivity index (χ1) is 9.05. The first kappa shape index (κ1) is 13.7. The third kappa shape index (κ3) is 2.83. The van der Waals surface area contributed by atoms with E-state index in [9.17, 15) is 0 Å². The highest BCUT2D eigenvalue weighted by atomic mass is 35.5. The fourth-order valence-electron chi connectivity index (χ4n) is 1.75. The first-order valence-corrected chi connectivity index (χ1v) is 6.19. The van der Waals surface area contributed by atoms with E-state index in [4.69, 9.17) is 22.1 Å². The average molecular weight is 279 g/mol. The minimum Gasteiger partial charge on any atom is -0.496 e. The molecular weight excluding hydrogens is 264 g/mol. The monoisotopic (exact) mass is 278 g/mol. The Labute approximate surface area is 116 Å². The Morgan fingerprint density at radius 1 is 1.21 bits per heavy atom. The van der Waals surface area contributed by atoms with Crippen LogP contribution in [0.5, 0.6) is 5.75 Å². The molecule has 0 bridgehead atoms. The maximum atomic E-state index is 6.15. The summed E-state index contributed by atoms with van der Waals surface area (Å²) >= 11 is 6.15. The van der Waals surface area contributed by atoms with Gasteiger partial charge in [0.15, 0.2) is 5.82 Å². The van der Waals surface area contributed by atoms with Crippen LogP contribution in [0.25, 0.3) is 11.4 Å². The molecule has 0 aliphatic rings. The van der Waals surface area contributed by atoms with Crippen molar-refractivity contribution in [2.75, 3.05) is 7.11 Å². The Hall–Kier alpha value is -1.72. The van der Waals surface area contributed by atoms with Crippen molar-refractivity contribution in [2.45, 2.75) is 20.4 Å². The maximum absolute atomic E-state index is 6.15. The van der Waals surface area contributed by atoms with Crippen LogP contribution in [0.4, 0.5) is 0 Å². The predicted octanol–water partition coefficient (Wildman–Crippen LogP) is 2.28. The van der Waals surface area contributed by atoms with Crippen LogP contribution in [-0.4, -0.2) is 22.1 Å². The van der Waals surface area contributed by atoms with Gasteiger partial charge in [0, 0.05) is 5.02 Å². The van der Waals surface area contributed by atoms with Gasteiger partial charge in [0.2, 0.25) is 0 Å². The molecule has 6 heteroatoms. The minimum atomic E-state index is 0.262. The second-order valence-corrected chi connectivity index (χ2v) is 4.54. The quantitative estimate of drug-likeness (QED) is 0.932. The molecule has 19 heavy (non-hydrogen) atoms. The van der Waals surface area contributed by atoms with Crippen LogP contribution in [-0.2, 0) is 6.54 Å². The Balaban J connectivity index is 2.63. The molecule has 0 radical (unpaired) electrons. The molecule has 5 nitrogen and oxygen atoms in total. The number of nitrogens with zero attached hydrogens (tertiary/aromatic N) is 3. The van der Waals surface area contributed by atoms with E-state index in [2.05, 4.69) is 15.0 Å². The van der Waals surface area contributed by atoms with Gasteiger partial charge in [-0.15, -0.1) is 0 Å². The summed E-state index contributed by atoms with van der Waals surface area (Å²) < 4.78 is 5.36. The second-order valence-electron chi connectivity index (χ2n) is 4.13. The van der Waals surface area contributed by atoms with E-state index >= 15 is 0 Å². The number of methoxy groups -OCH3 is 1. The van der Waals surface area contributed by atoms with Gasteiger partial charge in [-0.25, -0.2) is 15.0 Å². The van der Waals surface area contributed by atoms with Gasteiger partial charge in [-0.05, 0) is 31.5 Å². The topological polar surface area (TPSA) is 73.9 Å². The number of benzene rings is 1. The molecular formula is C13H15ClN4O. The van der Waals surface area contributed by atoms with Gasteiger partial charge in [0.25, 0.3) is 0 Å². The van der Waals surface area contributed by atoms with Gasteiger partial charge in [-0.3, -0.25) is 0 Å². The lowest BCUT2D eigenvalue weighted by atomic mass is 10.1. The summed E-state index contributed by atoms with van der Waals surface area (Å²) in [5.74, 6) is 2.35. The third-order valence-electron chi connectivity index (χ3n) is 2.70. The second kappa shape index (κ2) is 5.50. The van der Waals surface area contributed by atoms with Crippen LogP contribution in [0.15, 0.2) is 12.1 Å². The smallest absolute Gasteiger partial charge is 0.167 e. The zero-order chi connectivity index (χ0) is 14.0. The Bertz CT molecular complexity index is 616. The molecule has 100 valence electrons. The van der Waals surface area contributed by atoms with E-state index in [0.717, 1.165) is 11.1 Å². The predicted molar refractivity (Wildman–Crippen MR) is 74.2 cm³/mol. The van der Waals surface area contributed by atoms with Crippen LogP contribution in [0, 0.1) is 13.8 Å². The molecule has 1 aromatic carbocycles. The summed E-state index contributed by atoms with van der Waals surface area (Å²) in [4.78, 5) is 12.8. The SMILES string of the molecule is COc1cc(C)c(Cl)cc1-c1nc(C)nc(CN)n1. The minimum absolute atomic E-state index is 0.262. The Morgan fingerprint density at radius 3 is 2.58 bits per heavy atom. The maximum Gasteiger partial charge on any atom is 0.167 e. The van der Waals surface area contributed by atoms with Gasteiger partial charge < -0.3 is 10.5 Å². The van der Waals surface area contributed by atoms with Crippen molar-refractivity contribution < 1.29 is 4.74 Å². The highest BCUT2D eigenvalue weighted by molar-refractivity contribution is 6.31. The van der Waals surface area contributed by atoms with Crippen molar-refractivity contribution in [3.63, 3.8) is 0 Å². The standard InChI is InChI=1S/C13H15ClN4O/c1-7-4-11(19-3)9(5-10(7)14)13-17-8(2)16-12(6-15)18-13/h4-5H,6,15H2,1-3H3. The lowest BCUT2D eigenvalue weighted by Gasteiger charge is -2.11. The van der Waals surface area contributed by atoms with Crippen LogP contribution < -0.4 is 10.5 Å². The van der Waals surface area contributed by atoms with Crippen LogP contribution >= 0.6 is 11.6 Å². The largest absolute Gasteiger partial charge is 0.496 e. The lowest BCUT2D eigenvalue weighted by molar-refractivity contribution is 0.415. The number of ether oxygens (including phenoxy) is 1. The summed E-state index contributed by atoms with van der Waals surface area (Å²) in [7, 11) is 1.60. The Kier molecular flexibility index (Phi) is 3.97. The number of hydrogen-bond acceptors (Lipinski definition) is 5. The van der Waals surface area contributed by atoms with E-state index in [1.165, 1.54) is 0 Å². The number of nitrogens with two attached hydrogens (primary N) is 1. The molecule has 0 atom stereocenters. The van der Waals surface area contributed by atoms with Gasteiger partial charge in [-0.2, -0.15) is 0 Å². The summed E-state index contributed by atoms with van der Waals surface area (Å²) in [6.07, 6.45) is 0. The first-order valence-electron chi connectivity index (χ1n) is 5.81. The fraction of sp³-hybridized carbons (Fsp3) is 0.308. The summed E-state index contributed by atoms with van der Waals surface area (Å²) in [5, 5.41) is 0.642. The molecule has 2 aromatic rings. The van der Waals surface area contributed by atoms with Gasteiger partial charge in [0.05, 0.1) is 19.2 Å². The van der Waals surface area contributed by atoms with E-state index < -0.39 is 0 Å². The number of hydrogen-bond donors (Lipinski definition) is 1. The van der Waals surface area contributed by atoms with Crippen molar-refractivity contribution in [1.29, 1.82) is 0 Å². The fourth-order valence-corrected chi connectivity index (χ4v) is 1.91. The van der Waals surface area contributed by atoms with Crippen LogP contribution in [0.3, 0.4) is 0 Å². The molecule has 0 aliphatic carbocycles. The van der Waals surface area contributed by atoms with E-state index in [1.807, 2.05) is 13.0 Å². The molecule has 1 aromatic heterocycles. The van der Waals surface area contributed by atoms with Gasteiger partial charge in [-0.1, -0.05) is 11.6 Å². The zero-order valence-corrected chi connectivity index (χ0v) is 11.8. The molecule has 0 amide bonds. The van der Waals surface area contributed by atoms with Crippen molar-refractivity contribution >= 4 is 11.6 Å². The summed E-state index contributed by atoms with van der Waals surface area (Å²) in [6.45, 7) is 3.98. The van der Waals surface area contributed by atoms with E-state index in [-0.39, 0.29) is 6.54 Å². The zero-order valence-electron chi connectivity index (χ0n) is 11.1. The molecule has 2 rings (SSSR count). The number of rotatable bonds is 3. The highest BCUT2D eigenvalue weighted by Crippen LogP contribution is 2.32. The molecule has 0 saturated heterocycles. The molecule has 0 unspecified atom stereocenters. The van der Waals surface area contributed by atoms with E-state index in [1.54, 1.807) is 20.1 Å². The molecule has 2 N–H and O–H groups in total. The van der Waals surface area contributed by atoms with Crippen molar-refractivity contribution in [2.24, 2.45) is 5.73 Å². The van der Waals surface area contributed by atoms with Crippen molar-refractivity contribution in [3.8, 4) is 17.1 Å². The number of aromatic nitrogens is 3. The molecule has 0 saturated carbocycles. The van der Waals surface area contributed by atoms with Crippen LogP contribution in [0.2, 0.25) is 5.02 Å². The number of halogens is 1.